The smallest absolute Gasteiger partial charge is 0.322 e. The molecule has 0 spiro atoms. The maximum absolute atomic E-state index is 13.4. The molecular weight excluding hydrogens is 496 g/mol. The van der Waals surface area contributed by atoms with Gasteiger partial charge in [0.15, 0.2) is 0 Å². The van der Waals surface area contributed by atoms with Crippen molar-refractivity contribution >= 4 is 35.5 Å². The molecule has 216 valence electrons. The van der Waals surface area contributed by atoms with Gasteiger partial charge >= 0.3 is 5.97 Å². The maximum atomic E-state index is 13.4. The van der Waals surface area contributed by atoms with Gasteiger partial charge in [-0.15, -0.1) is 0 Å². The molecule has 4 atom stereocenters. The average Bonchev–Trinajstić information content (AvgIpc) is 3.32. The summed E-state index contributed by atoms with van der Waals surface area (Å²) < 4.78 is 0. The van der Waals surface area contributed by atoms with Crippen LogP contribution >= 0.6 is 0 Å². The number of hydrogen-bond acceptors (Lipinski definition) is 7. The van der Waals surface area contributed by atoms with Gasteiger partial charge in [-0.05, 0) is 37.0 Å². The fourth-order valence-corrected chi connectivity index (χ4v) is 4.08. The predicted molar refractivity (Wildman–Crippen MR) is 139 cm³/mol. The summed E-state index contributed by atoms with van der Waals surface area (Å²) in [6, 6.07) is -3.39. The summed E-state index contributed by atoms with van der Waals surface area (Å²) in [6.07, 6.45) is 1.37. The zero-order chi connectivity index (χ0) is 29.2. The SMILES string of the molecule is CC(C)C[C@H](NC(=O)[C@@H](N)C(C)C)C(=O)N1CCC[C@H]1C(=O)NCC(=O)N[C@H](C(=O)NCC(=O)O)C(C)C. The lowest BCUT2D eigenvalue weighted by Gasteiger charge is -2.30. The van der Waals surface area contributed by atoms with Gasteiger partial charge < -0.3 is 37.0 Å². The summed E-state index contributed by atoms with van der Waals surface area (Å²) in [6.45, 7) is 10.2. The van der Waals surface area contributed by atoms with Gasteiger partial charge in [-0.2, -0.15) is 0 Å². The minimum atomic E-state index is -1.21. The van der Waals surface area contributed by atoms with Crippen LogP contribution < -0.4 is 27.0 Å². The Morgan fingerprint density at radius 2 is 1.53 bits per heavy atom. The minimum absolute atomic E-state index is 0.0969. The summed E-state index contributed by atoms with van der Waals surface area (Å²) in [4.78, 5) is 75.7. The number of nitrogens with one attached hydrogen (secondary N) is 4. The van der Waals surface area contributed by atoms with Crippen LogP contribution in [0, 0.1) is 17.8 Å². The second-order valence-corrected chi connectivity index (χ2v) is 10.8. The highest BCUT2D eigenvalue weighted by atomic mass is 16.4. The van der Waals surface area contributed by atoms with Crippen molar-refractivity contribution in [1.82, 2.24) is 26.2 Å². The Hall–Kier alpha value is -3.22. The highest BCUT2D eigenvalue weighted by Crippen LogP contribution is 2.20. The molecule has 1 heterocycles. The molecule has 5 amide bonds. The highest BCUT2D eigenvalue weighted by molar-refractivity contribution is 5.95. The van der Waals surface area contributed by atoms with E-state index in [4.69, 9.17) is 10.8 Å². The molecule has 38 heavy (non-hydrogen) atoms. The Labute approximate surface area is 224 Å². The molecule has 0 aliphatic carbocycles. The van der Waals surface area contributed by atoms with Crippen LogP contribution in [0.4, 0.5) is 0 Å². The number of hydrogen-bond donors (Lipinski definition) is 6. The largest absolute Gasteiger partial charge is 0.480 e. The van der Waals surface area contributed by atoms with E-state index in [1.54, 1.807) is 13.8 Å². The number of amides is 5. The number of rotatable bonds is 14. The molecule has 7 N–H and O–H groups in total. The Morgan fingerprint density at radius 3 is 2.05 bits per heavy atom. The molecule has 1 aliphatic heterocycles. The van der Waals surface area contributed by atoms with Crippen molar-refractivity contribution in [3.05, 3.63) is 0 Å². The molecule has 1 saturated heterocycles. The Balaban J connectivity index is 2.81. The first-order valence-corrected chi connectivity index (χ1v) is 13.1. The van der Waals surface area contributed by atoms with Crippen LogP contribution in [0.2, 0.25) is 0 Å². The summed E-state index contributed by atoms with van der Waals surface area (Å²) in [7, 11) is 0. The monoisotopic (exact) mass is 540 g/mol. The number of nitrogens with two attached hydrogens (primary N) is 1. The van der Waals surface area contributed by atoms with Crippen molar-refractivity contribution in [1.29, 1.82) is 0 Å². The molecule has 13 nitrogen and oxygen atoms in total. The van der Waals surface area contributed by atoms with E-state index in [0.717, 1.165) is 0 Å². The van der Waals surface area contributed by atoms with Crippen LogP contribution in [0.25, 0.3) is 0 Å². The Bertz CT molecular complexity index is 876. The molecule has 13 heteroatoms. The average molecular weight is 541 g/mol. The Morgan fingerprint density at radius 1 is 0.895 bits per heavy atom. The first-order chi connectivity index (χ1) is 17.6. The van der Waals surface area contributed by atoms with E-state index in [-0.39, 0.29) is 23.7 Å². The lowest BCUT2D eigenvalue weighted by molar-refractivity contribution is -0.142. The number of nitrogens with zero attached hydrogens (tertiary/aromatic N) is 1. The molecule has 0 bridgehead atoms. The molecule has 1 rings (SSSR count). The molecule has 0 aromatic heterocycles. The number of likely N-dealkylation sites (tertiary alicyclic amines) is 1. The van der Waals surface area contributed by atoms with Crippen LogP contribution in [0.15, 0.2) is 0 Å². The third-order valence-electron chi connectivity index (χ3n) is 6.28. The molecule has 0 unspecified atom stereocenters. The van der Waals surface area contributed by atoms with Crippen molar-refractivity contribution < 1.29 is 33.9 Å². The van der Waals surface area contributed by atoms with Crippen molar-refractivity contribution in [3.63, 3.8) is 0 Å². The lowest BCUT2D eigenvalue weighted by Crippen LogP contribution is -2.57. The highest BCUT2D eigenvalue weighted by Gasteiger charge is 2.38. The van der Waals surface area contributed by atoms with Crippen LogP contribution in [-0.4, -0.2) is 89.3 Å². The number of carbonyl (C=O) groups excluding carboxylic acids is 5. The number of carboxylic acids is 1. The summed E-state index contributed by atoms with van der Waals surface area (Å²) >= 11 is 0. The minimum Gasteiger partial charge on any atom is -0.480 e. The van der Waals surface area contributed by atoms with E-state index < -0.39 is 66.9 Å². The van der Waals surface area contributed by atoms with Gasteiger partial charge in [0, 0.05) is 6.54 Å². The van der Waals surface area contributed by atoms with E-state index in [1.165, 1.54) is 4.90 Å². The summed E-state index contributed by atoms with van der Waals surface area (Å²) in [5.74, 6) is -4.16. The molecular formula is C25H44N6O7. The van der Waals surface area contributed by atoms with E-state index in [0.29, 0.717) is 25.8 Å². The zero-order valence-corrected chi connectivity index (χ0v) is 23.2. The standard InChI is InChI=1S/C25H44N6O7/c1-13(2)10-16(29-23(36)20(26)14(3)4)25(38)31-9-7-8-17(31)22(35)27-11-18(32)30-21(15(5)6)24(37)28-12-19(33)34/h13-17,20-21H,7-12,26H2,1-6H3,(H,27,35)(H,28,37)(H,29,36)(H,30,32)(H,33,34)/t16-,17-,20-,21-/m0/s1. The van der Waals surface area contributed by atoms with Crippen molar-refractivity contribution in [3.8, 4) is 0 Å². The normalized spacial score (nSPS) is 17.6. The van der Waals surface area contributed by atoms with Gasteiger partial charge in [-0.25, -0.2) is 0 Å². The maximum Gasteiger partial charge on any atom is 0.322 e. The zero-order valence-electron chi connectivity index (χ0n) is 23.2. The van der Waals surface area contributed by atoms with Crippen LogP contribution in [0.1, 0.15) is 60.8 Å². The molecule has 0 radical (unpaired) electrons. The fraction of sp³-hybridized carbons (Fsp3) is 0.760. The molecule has 1 fully saturated rings. The Kier molecular flexibility index (Phi) is 13.2. The van der Waals surface area contributed by atoms with Gasteiger partial charge in [-0.1, -0.05) is 41.5 Å². The van der Waals surface area contributed by atoms with Crippen LogP contribution in [0.5, 0.6) is 0 Å². The van der Waals surface area contributed by atoms with E-state index in [1.807, 2.05) is 27.7 Å². The van der Waals surface area contributed by atoms with Gasteiger partial charge in [0.1, 0.15) is 24.7 Å². The van der Waals surface area contributed by atoms with Crippen molar-refractivity contribution in [2.24, 2.45) is 23.5 Å². The number of carboxylic acid groups (broad SMARTS) is 1. The van der Waals surface area contributed by atoms with Gasteiger partial charge in [0.25, 0.3) is 0 Å². The lowest BCUT2D eigenvalue weighted by atomic mass is 10.00. The second-order valence-electron chi connectivity index (χ2n) is 10.8. The first-order valence-electron chi connectivity index (χ1n) is 13.1. The summed E-state index contributed by atoms with van der Waals surface area (Å²) in [5, 5.41) is 18.7. The van der Waals surface area contributed by atoms with Gasteiger partial charge in [0.2, 0.25) is 29.5 Å². The number of aliphatic carboxylic acids is 1. The van der Waals surface area contributed by atoms with E-state index >= 15 is 0 Å². The van der Waals surface area contributed by atoms with Gasteiger partial charge in [-0.3, -0.25) is 28.8 Å². The third kappa shape index (κ3) is 10.3. The topological polar surface area (TPSA) is 200 Å². The third-order valence-corrected chi connectivity index (χ3v) is 6.28. The van der Waals surface area contributed by atoms with Crippen LogP contribution in [0.3, 0.4) is 0 Å². The van der Waals surface area contributed by atoms with Gasteiger partial charge in [0.05, 0.1) is 12.6 Å². The van der Waals surface area contributed by atoms with Crippen LogP contribution in [-0.2, 0) is 28.8 Å². The van der Waals surface area contributed by atoms with Crippen molar-refractivity contribution in [2.75, 3.05) is 19.6 Å². The van der Waals surface area contributed by atoms with Crippen molar-refractivity contribution in [2.45, 2.75) is 85.0 Å². The fourth-order valence-electron chi connectivity index (χ4n) is 4.08. The first kappa shape index (κ1) is 32.8. The van der Waals surface area contributed by atoms with E-state index in [9.17, 15) is 28.8 Å². The predicted octanol–water partition coefficient (Wildman–Crippen LogP) is -1.05. The number of carbonyl (C=O) groups is 6. The summed E-state index contributed by atoms with van der Waals surface area (Å²) in [5.41, 5.74) is 5.95. The van der Waals surface area contributed by atoms with E-state index in [2.05, 4.69) is 21.3 Å². The molecule has 0 saturated carbocycles. The quantitative estimate of drug-likeness (QED) is 0.160. The second kappa shape index (κ2) is 15.3. The molecule has 0 aromatic carbocycles. The molecule has 1 aliphatic rings. The molecule has 0 aromatic rings.